The SMILES string of the molecule is CC1CCNCC1NC(=O)Cn1nc2ccccn2c1=O. The highest BCUT2D eigenvalue weighted by Gasteiger charge is 2.23. The molecule has 2 aromatic rings. The Balaban J connectivity index is 1.71. The molecule has 0 saturated carbocycles. The van der Waals surface area contributed by atoms with Crippen molar-refractivity contribution in [3.8, 4) is 0 Å². The molecule has 1 fully saturated rings. The molecule has 2 unspecified atom stereocenters. The summed E-state index contributed by atoms with van der Waals surface area (Å²) in [7, 11) is 0. The zero-order valence-corrected chi connectivity index (χ0v) is 12.0. The van der Waals surface area contributed by atoms with Crippen LogP contribution in [0, 0.1) is 5.92 Å². The van der Waals surface area contributed by atoms with Gasteiger partial charge >= 0.3 is 5.69 Å². The normalized spacial score (nSPS) is 22.3. The summed E-state index contributed by atoms with van der Waals surface area (Å²) in [4.78, 5) is 24.2. The number of pyridine rings is 1. The highest BCUT2D eigenvalue weighted by atomic mass is 16.2. The molecule has 1 aliphatic rings. The number of carbonyl (C=O) groups is 1. The van der Waals surface area contributed by atoms with Crippen molar-refractivity contribution in [2.45, 2.75) is 25.9 Å². The van der Waals surface area contributed by atoms with Gasteiger partial charge < -0.3 is 10.6 Å². The number of nitrogens with zero attached hydrogens (tertiary/aromatic N) is 3. The van der Waals surface area contributed by atoms with Crippen LogP contribution in [0.4, 0.5) is 0 Å². The van der Waals surface area contributed by atoms with Crippen molar-refractivity contribution in [1.82, 2.24) is 24.8 Å². The van der Waals surface area contributed by atoms with E-state index in [4.69, 9.17) is 0 Å². The van der Waals surface area contributed by atoms with Gasteiger partial charge in [-0.1, -0.05) is 13.0 Å². The number of hydrogen-bond donors (Lipinski definition) is 2. The molecule has 0 aliphatic carbocycles. The summed E-state index contributed by atoms with van der Waals surface area (Å²) in [6.07, 6.45) is 2.69. The Morgan fingerprint density at radius 1 is 1.52 bits per heavy atom. The summed E-state index contributed by atoms with van der Waals surface area (Å²) in [6, 6.07) is 5.42. The van der Waals surface area contributed by atoms with Crippen molar-refractivity contribution in [2.24, 2.45) is 5.92 Å². The van der Waals surface area contributed by atoms with Crippen LogP contribution in [0.25, 0.3) is 5.65 Å². The zero-order chi connectivity index (χ0) is 14.8. The molecule has 1 saturated heterocycles. The maximum Gasteiger partial charge on any atom is 0.350 e. The highest BCUT2D eigenvalue weighted by Crippen LogP contribution is 2.10. The minimum absolute atomic E-state index is 0.0519. The first-order chi connectivity index (χ1) is 10.1. The molecule has 0 bridgehead atoms. The molecule has 0 spiro atoms. The molecule has 2 N–H and O–H groups in total. The Morgan fingerprint density at radius 2 is 2.38 bits per heavy atom. The average Bonchev–Trinajstić information content (AvgIpc) is 2.78. The number of aromatic nitrogens is 3. The van der Waals surface area contributed by atoms with Gasteiger partial charge in [0.2, 0.25) is 5.91 Å². The fraction of sp³-hybridized carbons (Fsp3) is 0.500. The molecular formula is C14H19N5O2. The van der Waals surface area contributed by atoms with Gasteiger partial charge in [-0.05, 0) is 31.0 Å². The van der Waals surface area contributed by atoms with Crippen LogP contribution in [-0.4, -0.2) is 39.2 Å². The van der Waals surface area contributed by atoms with Crippen LogP contribution in [0.2, 0.25) is 0 Å². The van der Waals surface area contributed by atoms with Crippen LogP contribution in [0.1, 0.15) is 13.3 Å². The number of carbonyl (C=O) groups excluding carboxylic acids is 1. The molecule has 3 rings (SSSR count). The third-order valence-electron chi connectivity index (χ3n) is 3.96. The molecule has 1 amide bonds. The van der Waals surface area contributed by atoms with E-state index in [0.717, 1.165) is 19.5 Å². The second kappa shape index (κ2) is 5.69. The number of nitrogens with one attached hydrogen (secondary N) is 2. The van der Waals surface area contributed by atoms with Crippen molar-refractivity contribution in [3.05, 3.63) is 34.9 Å². The van der Waals surface area contributed by atoms with E-state index in [1.165, 1.54) is 9.08 Å². The Bertz CT molecular complexity index is 705. The Morgan fingerprint density at radius 3 is 3.14 bits per heavy atom. The fourth-order valence-corrected chi connectivity index (χ4v) is 2.64. The summed E-state index contributed by atoms with van der Waals surface area (Å²) in [6.45, 7) is 3.83. The molecule has 3 heterocycles. The maximum absolute atomic E-state index is 12.1. The van der Waals surface area contributed by atoms with E-state index in [9.17, 15) is 9.59 Å². The molecule has 112 valence electrons. The molecule has 0 aromatic carbocycles. The lowest BCUT2D eigenvalue weighted by atomic mass is 9.95. The van der Waals surface area contributed by atoms with Crippen LogP contribution in [0.3, 0.4) is 0 Å². The highest BCUT2D eigenvalue weighted by molar-refractivity contribution is 5.76. The smallest absolute Gasteiger partial charge is 0.350 e. The predicted molar refractivity (Wildman–Crippen MR) is 78.0 cm³/mol. The first-order valence-electron chi connectivity index (χ1n) is 7.19. The van der Waals surface area contributed by atoms with Gasteiger partial charge in [0, 0.05) is 18.8 Å². The average molecular weight is 289 g/mol. The van der Waals surface area contributed by atoms with Crippen molar-refractivity contribution in [2.75, 3.05) is 13.1 Å². The number of fused-ring (bicyclic) bond motifs is 1. The monoisotopic (exact) mass is 289 g/mol. The molecule has 7 nitrogen and oxygen atoms in total. The van der Waals surface area contributed by atoms with Gasteiger partial charge in [-0.15, -0.1) is 5.10 Å². The van der Waals surface area contributed by atoms with Gasteiger partial charge in [0.15, 0.2) is 5.65 Å². The molecular weight excluding hydrogens is 270 g/mol. The largest absolute Gasteiger partial charge is 0.350 e. The maximum atomic E-state index is 12.1. The summed E-state index contributed by atoms with van der Waals surface area (Å²) in [5.41, 5.74) is 0.249. The Labute approximate surface area is 122 Å². The summed E-state index contributed by atoms with van der Waals surface area (Å²) in [5, 5.41) is 10.4. The Kier molecular flexibility index (Phi) is 3.74. The standard InChI is InChI=1S/C14H19N5O2/c1-10-5-6-15-8-11(10)16-13(20)9-19-14(21)18-7-3-2-4-12(18)17-19/h2-4,7,10-11,15H,5-6,8-9H2,1H3,(H,16,20). The summed E-state index contributed by atoms with van der Waals surface area (Å²) >= 11 is 0. The lowest BCUT2D eigenvalue weighted by Crippen LogP contribution is -2.51. The second-order valence-electron chi connectivity index (χ2n) is 5.51. The summed E-state index contributed by atoms with van der Waals surface area (Å²) < 4.78 is 2.63. The second-order valence-corrected chi connectivity index (χ2v) is 5.51. The van der Waals surface area contributed by atoms with Crippen LogP contribution in [-0.2, 0) is 11.3 Å². The fourth-order valence-electron chi connectivity index (χ4n) is 2.64. The summed E-state index contributed by atoms with van der Waals surface area (Å²) in [5.74, 6) is 0.258. The van der Waals surface area contributed by atoms with Gasteiger partial charge in [-0.2, -0.15) is 0 Å². The predicted octanol–water partition coefficient (Wildman–Crippen LogP) is -0.390. The van der Waals surface area contributed by atoms with Gasteiger partial charge in [-0.3, -0.25) is 9.20 Å². The minimum Gasteiger partial charge on any atom is -0.350 e. The van der Waals surface area contributed by atoms with E-state index in [1.54, 1.807) is 18.3 Å². The third kappa shape index (κ3) is 2.82. The van der Waals surface area contributed by atoms with Crippen LogP contribution in [0.15, 0.2) is 29.2 Å². The number of rotatable bonds is 3. The molecule has 2 atom stereocenters. The number of amides is 1. The third-order valence-corrected chi connectivity index (χ3v) is 3.96. The van der Waals surface area contributed by atoms with Crippen LogP contribution in [0.5, 0.6) is 0 Å². The minimum atomic E-state index is -0.296. The number of piperidine rings is 1. The van der Waals surface area contributed by atoms with Gasteiger partial charge in [0.1, 0.15) is 6.54 Å². The lowest BCUT2D eigenvalue weighted by Gasteiger charge is -2.30. The Hall–Kier alpha value is -2.15. The first kappa shape index (κ1) is 13.8. The van der Waals surface area contributed by atoms with Crippen molar-refractivity contribution in [1.29, 1.82) is 0 Å². The molecule has 21 heavy (non-hydrogen) atoms. The zero-order valence-electron chi connectivity index (χ0n) is 12.0. The van der Waals surface area contributed by atoms with E-state index < -0.39 is 0 Å². The van der Waals surface area contributed by atoms with Gasteiger partial charge in [-0.25, -0.2) is 9.48 Å². The van der Waals surface area contributed by atoms with E-state index >= 15 is 0 Å². The van der Waals surface area contributed by atoms with E-state index in [-0.39, 0.29) is 24.2 Å². The van der Waals surface area contributed by atoms with Crippen molar-refractivity contribution >= 4 is 11.6 Å². The van der Waals surface area contributed by atoms with Gasteiger partial charge in [0.25, 0.3) is 0 Å². The van der Waals surface area contributed by atoms with E-state index in [2.05, 4.69) is 22.7 Å². The topological polar surface area (TPSA) is 80.4 Å². The quantitative estimate of drug-likeness (QED) is 0.806. The van der Waals surface area contributed by atoms with Gasteiger partial charge in [0.05, 0.1) is 0 Å². The molecule has 0 radical (unpaired) electrons. The van der Waals surface area contributed by atoms with Crippen molar-refractivity contribution in [3.63, 3.8) is 0 Å². The molecule has 2 aromatic heterocycles. The lowest BCUT2D eigenvalue weighted by molar-refractivity contribution is -0.123. The van der Waals surface area contributed by atoms with Crippen molar-refractivity contribution < 1.29 is 4.79 Å². The number of hydrogen-bond acceptors (Lipinski definition) is 4. The molecule has 1 aliphatic heterocycles. The van der Waals surface area contributed by atoms with Crippen LogP contribution >= 0.6 is 0 Å². The van der Waals surface area contributed by atoms with Crippen LogP contribution < -0.4 is 16.3 Å². The first-order valence-corrected chi connectivity index (χ1v) is 7.19. The van der Waals surface area contributed by atoms with E-state index in [1.807, 2.05) is 6.07 Å². The molecule has 7 heteroatoms. The van der Waals surface area contributed by atoms with E-state index in [0.29, 0.717) is 11.6 Å².